The van der Waals surface area contributed by atoms with Crippen LogP contribution in [0, 0.1) is 5.92 Å². The van der Waals surface area contributed by atoms with Gasteiger partial charge in [-0.1, -0.05) is 18.2 Å². The van der Waals surface area contributed by atoms with Crippen molar-refractivity contribution in [1.82, 2.24) is 10.2 Å². The smallest absolute Gasteiger partial charge is 0.409 e. The van der Waals surface area contributed by atoms with Crippen LogP contribution < -0.4 is 10.1 Å². The van der Waals surface area contributed by atoms with Crippen molar-refractivity contribution in [2.24, 2.45) is 5.92 Å². The highest BCUT2D eigenvalue weighted by molar-refractivity contribution is 5.80. The number of ether oxygens (including phenoxy) is 2. The van der Waals surface area contributed by atoms with Crippen LogP contribution in [0.3, 0.4) is 0 Å². The maximum Gasteiger partial charge on any atom is 0.409 e. The number of likely N-dealkylation sites (tertiary alicyclic amines) is 1. The molecule has 1 aromatic rings. The lowest BCUT2D eigenvalue weighted by Crippen LogP contribution is -2.46. The molecule has 1 aliphatic carbocycles. The number of methoxy groups -OCH3 is 2. The molecule has 0 spiro atoms. The molecule has 1 heterocycles. The molecule has 6 heteroatoms. The molecule has 2 fully saturated rings. The normalized spacial score (nSPS) is 21.4. The number of benzene rings is 1. The van der Waals surface area contributed by atoms with Crippen LogP contribution in [0.15, 0.2) is 24.3 Å². The van der Waals surface area contributed by atoms with Gasteiger partial charge in [-0.2, -0.15) is 0 Å². The van der Waals surface area contributed by atoms with Crippen LogP contribution in [0.2, 0.25) is 0 Å². The topological polar surface area (TPSA) is 67.9 Å². The van der Waals surface area contributed by atoms with E-state index < -0.39 is 0 Å². The Balaban J connectivity index is 1.60. The Morgan fingerprint density at radius 1 is 1.28 bits per heavy atom. The van der Waals surface area contributed by atoms with Crippen LogP contribution in [-0.2, 0) is 14.9 Å². The van der Waals surface area contributed by atoms with Crippen molar-refractivity contribution in [2.45, 2.75) is 31.1 Å². The summed E-state index contributed by atoms with van der Waals surface area (Å²) in [4.78, 5) is 25.9. The van der Waals surface area contributed by atoms with E-state index in [4.69, 9.17) is 9.47 Å². The summed E-state index contributed by atoms with van der Waals surface area (Å²) in [7, 11) is 3.05. The molecule has 1 saturated carbocycles. The third-order valence-corrected chi connectivity index (χ3v) is 5.36. The number of nitrogens with one attached hydrogen (secondary N) is 1. The van der Waals surface area contributed by atoms with Gasteiger partial charge in [0, 0.05) is 30.6 Å². The zero-order valence-electron chi connectivity index (χ0n) is 14.9. The molecular formula is C19H26N2O4. The fourth-order valence-electron chi connectivity index (χ4n) is 3.66. The molecule has 2 amide bonds. The summed E-state index contributed by atoms with van der Waals surface area (Å²) in [6.07, 6.45) is 3.37. The molecule has 3 rings (SSSR count). The van der Waals surface area contributed by atoms with Gasteiger partial charge in [0.1, 0.15) is 5.75 Å². The molecule has 1 saturated heterocycles. The van der Waals surface area contributed by atoms with E-state index in [2.05, 4.69) is 11.4 Å². The summed E-state index contributed by atoms with van der Waals surface area (Å²) >= 11 is 0. The highest BCUT2D eigenvalue weighted by Gasteiger charge is 2.46. The van der Waals surface area contributed by atoms with Crippen LogP contribution in [-0.4, -0.2) is 50.8 Å². The molecule has 1 atom stereocenters. The number of hydrogen-bond donors (Lipinski definition) is 1. The minimum Gasteiger partial charge on any atom is -0.496 e. The number of carbonyl (C=O) groups is 2. The van der Waals surface area contributed by atoms with Gasteiger partial charge in [-0.05, 0) is 31.7 Å². The van der Waals surface area contributed by atoms with E-state index in [1.165, 1.54) is 7.11 Å². The number of hydrogen-bond acceptors (Lipinski definition) is 4. The second-order valence-electron chi connectivity index (χ2n) is 6.95. The van der Waals surface area contributed by atoms with Gasteiger partial charge >= 0.3 is 6.09 Å². The largest absolute Gasteiger partial charge is 0.496 e. The second kappa shape index (κ2) is 7.33. The van der Waals surface area contributed by atoms with E-state index in [0.29, 0.717) is 19.6 Å². The maximum atomic E-state index is 12.6. The van der Waals surface area contributed by atoms with E-state index in [0.717, 1.165) is 37.0 Å². The van der Waals surface area contributed by atoms with Crippen molar-refractivity contribution < 1.29 is 19.1 Å². The standard InChI is InChI=1S/C19H26N2O4/c1-24-16-8-4-3-7-15(16)19(9-10-19)13-20-17(22)14-6-5-11-21(12-14)18(23)25-2/h3-4,7-8,14H,5-6,9-13H2,1-2H3,(H,20,22)/t14-/m1/s1. The highest BCUT2D eigenvalue weighted by Crippen LogP contribution is 2.50. The quantitative estimate of drug-likeness (QED) is 0.888. The van der Waals surface area contributed by atoms with Gasteiger partial charge in [-0.25, -0.2) is 4.79 Å². The van der Waals surface area contributed by atoms with Gasteiger partial charge in [0.2, 0.25) is 5.91 Å². The number of nitrogens with zero attached hydrogens (tertiary/aromatic N) is 1. The first-order valence-corrected chi connectivity index (χ1v) is 8.84. The molecule has 0 bridgehead atoms. The van der Waals surface area contributed by atoms with Crippen LogP contribution >= 0.6 is 0 Å². The molecule has 1 N–H and O–H groups in total. The fraction of sp³-hybridized carbons (Fsp3) is 0.579. The molecule has 1 aliphatic heterocycles. The Hall–Kier alpha value is -2.24. The Labute approximate surface area is 148 Å². The third-order valence-electron chi connectivity index (χ3n) is 5.36. The fourth-order valence-corrected chi connectivity index (χ4v) is 3.66. The highest BCUT2D eigenvalue weighted by atomic mass is 16.5. The SMILES string of the molecule is COC(=O)N1CCC[C@@H](C(=O)NCC2(c3ccccc3OC)CC2)C1. The minimum atomic E-state index is -0.356. The van der Waals surface area contributed by atoms with Gasteiger partial charge in [0.25, 0.3) is 0 Å². The van der Waals surface area contributed by atoms with Crippen molar-refractivity contribution in [3.8, 4) is 5.75 Å². The predicted molar refractivity (Wildman–Crippen MR) is 93.6 cm³/mol. The van der Waals surface area contributed by atoms with E-state index in [-0.39, 0.29) is 23.3 Å². The number of para-hydroxylation sites is 1. The first-order chi connectivity index (χ1) is 12.1. The van der Waals surface area contributed by atoms with Crippen LogP contribution in [0.1, 0.15) is 31.2 Å². The first kappa shape index (κ1) is 17.6. The van der Waals surface area contributed by atoms with Gasteiger partial charge in [0.05, 0.1) is 20.1 Å². The Morgan fingerprint density at radius 2 is 2.04 bits per heavy atom. The molecule has 0 radical (unpaired) electrons. The van der Waals surface area contributed by atoms with Crippen molar-refractivity contribution in [3.63, 3.8) is 0 Å². The molecule has 6 nitrogen and oxygen atoms in total. The molecule has 0 aromatic heterocycles. The number of rotatable bonds is 5. The van der Waals surface area contributed by atoms with Crippen molar-refractivity contribution in [1.29, 1.82) is 0 Å². The summed E-state index contributed by atoms with van der Waals surface area (Å²) in [5.74, 6) is 0.736. The van der Waals surface area contributed by atoms with Gasteiger partial charge in [0.15, 0.2) is 0 Å². The van der Waals surface area contributed by atoms with Crippen molar-refractivity contribution >= 4 is 12.0 Å². The number of piperidine rings is 1. The molecule has 2 aliphatic rings. The number of carbonyl (C=O) groups excluding carboxylic acids is 2. The third kappa shape index (κ3) is 3.72. The predicted octanol–water partition coefficient (Wildman–Crippen LogP) is 2.32. The Kier molecular flexibility index (Phi) is 5.16. The average Bonchev–Trinajstić information content (AvgIpc) is 3.46. The molecular weight excluding hydrogens is 320 g/mol. The number of amides is 2. The monoisotopic (exact) mass is 346 g/mol. The Bertz CT molecular complexity index is 642. The zero-order chi connectivity index (χ0) is 17.9. The summed E-state index contributed by atoms with van der Waals surface area (Å²) in [6, 6.07) is 8.01. The van der Waals surface area contributed by atoms with E-state index in [1.807, 2.05) is 18.2 Å². The Morgan fingerprint density at radius 3 is 2.72 bits per heavy atom. The van der Waals surface area contributed by atoms with Gasteiger partial charge < -0.3 is 19.7 Å². The second-order valence-corrected chi connectivity index (χ2v) is 6.95. The maximum absolute atomic E-state index is 12.6. The zero-order valence-corrected chi connectivity index (χ0v) is 14.9. The summed E-state index contributed by atoms with van der Waals surface area (Å²) in [5, 5.41) is 3.11. The molecule has 0 unspecified atom stereocenters. The molecule has 136 valence electrons. The summed E-state index contributed by atoms with van der Waals surface area (Å²) < 4.78 is 10.2. The van der Waals surface area contributed by atoms with Gasteiger partial charge in [-0.3, -0.25) is 4.79 Å². The summed E-state index contributed by atoms with van der Waals surface area (Å²) in [5.41, 5.74) is 1.15. The lowest BCUT2D eigenvalue weighted by molar-refractivity contribution is -0.126. The van der Waals surface area contributed by atoms with Crippen LogP contribution in [0.5, 0.6) is 5.75 Å². The van der Waals surface area contributed by atoms with E-state index in [1.54, 1.807) is 12.0 Å². The van der Waals surface area contributed by atoms with Crippen LogP contribution in [0.4, 0.5) is 4.79 Å². The average molecular weight is 346 g/mol. The molecule has 1 aromatic carbocycles. The molecule has 25 heavy (non-hydrogen) atoms. The van der Waals surface area contributed by atoms with Crippen molar-refractivity contribution in [3.05, 3.63) is 29.8 Å². The van der Waals surface area contributed by atoms with Crippen LogP contribution in [0.25, 0.3) is 0 Å². The lowest BCUT2D eigenvalue weighted by atomic mass is 9.93. The van der Waals surface area contributed by atoms with E-state index in [9.17, 15) is 9.59 Å². The van der Waals surface area contributed by atoms with E-state index >= 15 is 0 Å². The minimum absolute atomic E-state index is 0.0149. The van der Waals surface area contributed by atoms with Gasteiger partial charge in [-0.15, -0.1) is 0 Å². The lowest BCUT2D eigenvalue weighted by Gasteiger charge is -2.31. The first-order valence-electron chi connectivity index (χ1n) is 8.84. The van der Waals surface area contributed by atoms with Crippen molar-refractivity contribution in [2.75, 3.05) is 33.9 Å². The summed E-state index contributed by atoms with van der Waals surface area (Å²) in [6.45, 7) is 1.70.